The van der Waals surface area contributed by atoms with E-state index in [1.54, 1.807) is 19.1 Å². The zero-order chi connectivity index (χ0) is 21.8. The van der Waals surface area contributed by atoms with Gasteiger partial charge in [-0.05, 0) is 43.9 Å². The van der Waals surface area contributed by atoms with Crippen LogP contribution in [0.4, 0.5) is 4.39 Å². The molecule has 166 valence electrons. The number of nitrogens with zero attached hydrogens (tertiary/aromatic N) is 3. The summed E-state index contributed by atoms with van der Waals surface area (Å²) < 4.78 is 18.8. The summed E-state index contributed by atoms with van der Waals surface area (Å²) in [4.78, 5) is 28.5. The predicted molar refractivity (Wildman–Crippen MR) is 113 cm³/mol. The topological polar surface area (TPSA) is 78.5 Å². The molecule has 0 bridgehead atoms. The number of nitrogens with one attached hydrogen (secondary N) is 1. The van der Waals surface area contributed by atoms with E-state index in [2.05, 4.69) is 10.2 Å². The number of amides is 2. The quantitative estimate of drug-likeness (QED) is 0.767. The van der Waals surface area contributed by atoms with Gasteiger partial charge in [0.1, 0.15) is 11.6 Å². The lowest BCUT2D eigenvalue weighted by Gasteiger charge is -2.34. The molecule has 31 heavy (non-hydrogen) atoms. The van der Waals surface area contributed by atoms with Gasteiger partial charge in [-0.1, -0.05) is 6.07 Å². The molecule has 0 radical (unpaired) electrons. The van der Waals surface area contributed by atoms with Crippen molar-refractivity contribution in [2.45, 2.75) is 45.1 Å². The van der Waals surface area contributed by atoms with Gasteiger partial charge in [0, 0.05) is 50.7 Å². The molecule has 2 saturated heterocycles. The molecule has 0 saturated carbocycles. The van der Waals surface area contributed by atoms with E-state index >= 15 is 0 Å². The van der Waals surface area contributed by atoms with Crippen molar-refractivity contribution in [3.63, 3.8) is 0 Å². The van der Waals surface area contributed by atoms with Crippen molar-refractivity contribution in [3.05, 3.63) is 47.5 Å². The Kier molecular flexibility index (Phi) is 6.53. The number of carbonyl (C=O) groups excluding carboxylic acids is 2. The van der Waals surface area contributed by atoms with Crippen molar-refractivity contribution < 1.29 is 18.7 Å². The number of rotatable bonds is 6. The highest BCUT2D eigenvalue weighted by Gasteiger charge is 2.36. The molecule has 1 atom stereocenters. The van der Waals surface area contributed by atoms with Crippen LogP contribution in [0.15, 0.2) is 30.3 Å². The number of likely N-dealkylation sites (tertiary alicyclic amines) is 2. The molecule has 2 amide bonds. The van der Waals surface area contributed by atoms with E-state index in [1.165, 1.54) is 12.1 Å². The summed E-state index contributed by atoms with van der Waals surface area (Å²) in [6.45, 7) is 4.05. The summed E-state index contributed by atoms with van der Waals surface area (Å²) in [6.07, 6.45) is 3.94. The number of carbonyl (C=O) groups is 2. The van der Waals surface area contributed by atoms with Crippen LogP contribution >= 0.6 is 0 Å². The number of hydrogen-bond donors (Lipinski definition) is 1. The summed E-state index contributed by atoms with van der Waals surface area (Å²) in [6, 6.07) is 8.09. The van der Waals surface area contributed by atoms with Gasteiger partial charge >= 0.3 is 0 Å². The maximum absolute atomic E-state index is 13.2. The Bertz CT molecular complexity index is 923. The zero-order valence-electron chi connectivity index (χ0n) is 17.8. The molecule has 4 rings (SSSR count). The first-order valence-electron chi connectivity index (χ1n) is 11.0. The second kappa shape index (κ2) is 9.49. The van der Waals surface area contributed by atoms with E-state index in [0.717, 1.165) is 43.6 Å². The fourth-order valence-corrected chi connectivity index (χ4v) is 4.53. The largest absolute Gasteiger partial charge is 0.493 e. The smallest absolute Gasteiger partial charge is 0.226 e. The molecule has 1 aromatic carbocycles. The van der Waals surface area contributed by atoms with Crippen molar-refractivity contribution >= 4 is 11.8 Å². The SMILES string of the molecule is CC(=O)N1CCC(C(=O)N2CCCC2c2cc(CCOc3cccc(F)c3)[nH]n2)CC1. The molecule has 3 heterocycles. The Hall–Kier alpha value is -2.90. The minimum Gasteiger partial charge on any atom is -0.493 e. The summed E-state index contributed by atoms with van der Waals surface area (Å²) >= 11 is 0. The van der Waals surface area contributed by atoms with Gasteiger partial charge in [0.05, 0.1) is 18.3 Å². The minimum absolute atomic E-state index is 0.00697. The average molecular weight is 429 g/mol. The predicted octanol–water partition coefficient (Wildman–Crippen LogP) is 3.09. The van der Waals surface area contributed by atoms with Gasteiger partial charge in [-0.25, -0.2) is 4.39 Å². The summed E-state index contributed by atoms with van der Waals surface area (Å²) in [7, 11) is 0. The lowest BCUT2D eigenvalue weighted by Crippen LogP contribution is -2.43. The third-order valence-corrected chi connectivity index (χ3v) is 6.25. The molecule has 1 aromatic heterocycles. The first-order chi connectivity index (χ1) is 15.0. The third kappa shape index (κ3) is 5.06. The molecule has 0 spiro atoms. The fourth-order valence-electron chi connectivity index (χ4n) is 4.53. The number of hydrogen-bond acceptors (Lipinski definition) is 4. The van der Waals surface area contributed by atoms with Crippen LogP contribution in [-0.2, 0) is 16.0 Å². The maximum Gasteiger partial charge on any atom is 0.226 e. The van der Waals surface area contributed by atoms with Gasteiger partial charge < -0.3 is 14.5 Å². The highest BCUT2D eigenvalue weighted by molar-refractivity contribution is 5.80. The number of piperidine rings is 1. The number of aromatic amines is 1. The van der Waals surface area contributed by atoms with Crippen LogP contribution in [0.2, 0.25) is 0 Å². The highest BCUT2D eigenvalue weighted by Crippen LogP contribution is 2.34. The van der Waals surface area contributed by atoms with Crippen molar-refractivity contribution in [1.82, 2.24) is 20.0 Å². The first kappa shape index (κ1) is 21.3. The Morgan fingerprint density at radius 2 is 2.00 bits per heavy atom. The van der Waals surface area contributed by atoms with Crippen LogP contribution in [-0.4, -0.2) is 58.1 Å². The number of ether oxygens (including phenoxy) is 1. The molecular formula is C23H29FN4O3. The van der Waals surface area contributed by atoms with E-state index in [4.69, 9.17) is 4.74 Å². The minimum atomic E-state index is -0.320. The molecule has 2 aromatic rings. The second-order valence-electron chi connectivity index (χ2n) is 8.34. The first-order valence-corrected chi connectivity index (χ1v) is 11.0. The molecule has 0 aliphatic carbocycles. The monoisotopic (exact) mass is 428 g/mol. The summed E-state index contributed by atoms with van der Waals surface area (Å²) in [5, 5.41) is 7.52. The molecule has 1 N–H and O–H groups in total. The second-order valence-corrected chi connectivity index (χ2v) is 8.34. The van der Waals surface area contributed by atoms with Crippen LogP contribution in [0.5, 0.6) is 5.75 Å². The van der Waals surface area contributed by atoms with Gasteiger partial charge in [0.25, 0.3) is 0 Å². The van der Waals surface area contributed by atoms with E-state index in [1.807, 2.05) is 15.9 Å². The van der Waals surface area contributed by atoms with Crippen LogP contribution in [0.1, 0.15) is 50.0 Å². The highest BCUT2D eigenvalue weighted by atomic mass is 19.1. The van der Waals surface area contributed by atoms with E-state index in [9.17, 15) is 14.0 Å². The summed E-state index contributed by atoms with van der Waals surface area (Å²) in [5.74, 6) is 0.428. The van der Waals surface area contributed by atoms with Gasteiger partial charge in [-0.3, -0.25) is 14.7 Å². The number of benzene rings is 1. The van der Waals surface area contributed by atoms with Crippen molar-refractivity contribution in [2.75, 3.05) is 26.2 Å². The van der Waals surface area contributed by atoms with Crippen LogP contribution in [0.25, 0.3) is 0 Å². The Labute approximate surface area is 181 Å². The van der Waals surface area contributed by atoms with Gasteiger partial charge in [0.2, 0.25) is 11.8 Å². The Morgan fingerprint density at radius 3 is 2.74 bits per heavy atom. The van der Waals surface area contributed by atoms with Gasteiger partial charge in [-0.15, -0.1) is 0 Å². The standard InChI is InChI=1S/C23H29FN4O3/c1-16(29)27-11-7-17(8-12-27)23(30)28-10-3-6-22(28)21-15-19(25-26-21)9-13-31-20-5-2-4-18(24)14-20/h2,4-5,14-15,17,22H,3,6-13H2,1H3,(H,25,26). The van der Waals surface area contributed by atoms with E-state index in [0.29, 0.717) is 31.9 Å². The molecule has 1 unspecified atom stereocenters. The third-order valence-electron chi connectivity index (χ3n) is 6.25. The van der Waals surface area contributed by atoms with Crippen LogP contribution in [0.3, 0.4) is 0 Å². The number of H-pyrrole nitrogens is 1. The van der Waals surface area contributed by atoms with Gasteiger partial charge in [0.15, 0.2) is 0 Å². The maximum atomic E-state index is 13.2. The van der Waals surface area contributed by atoms with Crippen molar-refractivity contribution in [3.8, 4) is 5.75 Å². The van der Waals surface area contributed by atoms with Crippen molar-refractivity contribution in [1.29, 1.82) is 0 Å². The van der Waals surface area contributed by atoms with E-state index in [-0.39, 0.29) is 29.6 Å². The molecule has 8 heteroatoms. The fraction of sp³-hybridized carbons (Fsp3) is 0.522. The normalized spacial score (nSPS) is 19.6. The lowest BCUT2D eigenvalue weighted by molar-refractivity contribution is -0.140. The average Bonchev–Trinajstić information content (AvgIpc) is 3.43. The van der Waals surface area contributed by atoms with Crippen LogP contribution in [0, 0.1) is 11.7 Å². The van der Waals surface area contributed by atoms with E-state index < -0.39 is 0 Å². The molecule has 7 nitrogen and oxygen atoms in total. The molecule has 2 fully saturated rings. The Morgan fingerprint density at radius 1 is 1.19 bits per heavy atom. The van der Waals surface area contributed by atoms with Crippen LogP contribution < -0.4 is 4.74 Å². The zero-order valence-corrected chi connectivity index (χ0v) is 17.8. The molecule has 2 aliphatic rings. The number of halogens is 1. The lowest BCUT2D eigenvalue weighted by atomic mass is 9.94. The van der Waals surface area contributed by atoms with Gasteiger partial charge in [-0.2, -0.15) is 5.10 Å². The Balaban J connectivity index is 1.32. The summed E-state index contributed by atoms with van der Waals surface area (Å²) in [5.41, 5.74) is 1.81. The molecular weight excluding hydrogens is 399 g/mol. The molecule has 2 aliphatic heterocycles. The number of aromatic nitrogens is 2. The van der Waals surface area contributed by atoms with Crippen molar-refractivity contribution in [2.24, 2.45) is 5.92 Å².